The summed E-state index contributed by atoms with van der Waals surface area (Å²) >= 11 is 6.60. The Bertz CT molecular complexity index is 389. The molecule has 1 unspecified atom stereocenters. The number of carbonyl (C=O) groups is 1. The van der Waals surface area contributed by atoms with Gasteiger partial charge in [0, 0.05) is 6.54 Å². The van der Waals surface area contributed by atoms with Crippen molar-refractivity contribution in [1.82, 2.24) is 4.90 Å². The zero-order valence-electron chi connectivity index (χ0n) is 8.89. The van der Waals surface area contributed by atoms with Crippen LogP contribution in [0.15, 0.2) is 16.8 Å². The van der Waals surface area contributed by atoms with Gasteiger partial charge in [0.2, 0.25) is 5.91 Å². The summed E-state index contributed by atoms with van der Waals surface area (Å²) in [6.07, 6.45) is 2.37. The van der Waals surface area contributed by atoms with Crippen molar-refractivity contribution in [2.45, 2.75) is 25.3 Å². The van der Waals surface area contributed by atoms with E-state index in [1.165, 1.54) is 0 Å². The van der Waals surface area contributed by atoms with Crippen molar-refractivity contribution in [3.8, 4) is 0 Å². The van der Waals surface area contributed by atoms with E-state index in [1.807, 2.05) is 21.7 Å². The van der Waals surface area contributed by atoms with Crippen molar-refractivity contribution >= 4 is 34.5 Å². The van der Waals surface area contributed by atoms with Crippen LogP contribution in [0.4, 0.5) is 0 Å². The maximum atomic E-state index is 12.0. The quantitative estimate of drug-likeness (QED) is 0.833. The van der Waals surface area contributed by atoms with Gasteiger partial charge in [0.05, 0.1) is 17.5 Å². The summed E-state index contributed by atoms with van der Waals surface area (Å²) < 4.78 is 0. The monoisotopic (exact) mass is 254 g/mol. The van der Waals surface area contributed by atoms with E-state index in [2.05, 4.69) is 0 Å². The lowest BCUT2D eigenvalue weighted by Crippen LogP contribution is -2.43. The van der Waals surface area contributed by atoms with Crippen LogP contribution >= 0.6 is 23.6 Å². The highest BCUT2D eigenvalue weighted by Gasteiger charge is 2.30. The van der Waals surface area contributed by atoms with Crippen LogP contribution in [0.1, 0.15) is 18.4 Å². The third-order valence-corrected chi connectivity index (χ3v) is 3.84. The van der Waals surface area contributed by atoms with Gasteiger partial charge in [0.15, 0.2) is 0 Å². The standard InChI is InChI=1S/C11H14N2OS2/c12-11(15)9-2-1-4-13(9)10(14)6-8-3-5-16-7-8/h3,5,7,9H,1-2,4,6H2,(H2,12,15). The van der Waals surface area contributed by atoms with Crippen LogP contribution in [0.25, 0.3) is 0 Å². The SMILES string of the molecule is NC(=S)C1CCCN1C(=O)Cc1ccsc1. The average Bonchev–Trinajstić information content (AvgIpc) is 2.86. The predicted octanol–water partition coefficient (Wildman–Crippen LogP) is 1.57. The van der Waals surface area contributed by atoms with Crippen molar-refractivity contribution in [3.05, 3.63) is 22.4 Å². The Morgan fingerprint density at radius 2 is 2.50 bits per heavy atom. The molecule has 0 bridgehead atoms. The average molecular weight is 254 g/mol. The maximum Gasteiger partial charge on any atom is 0.227 e. The van der Waals surface area contributed by atoms with Gasteiger partial charge in [-0.25, -0.2) is 0 Å². The lowest BCUT2D eigenvalue weighted by atomic mass is 10.2. The molecule has 16 heavy (non-hydrogen) atoms. The largest absolute Gasteiger partial charge is 0.392 e. The molecule has 1 aromatic heterocycles. The first-order valence-corrected chi connectivity index (χ1v) is 6.63. The molecule has 2 rings (SSSR count). The van der Waals surface area contributed by atoms with E-state index in [9.17, 15) is 4.79 Å². The lowest BCUT2D eigenvalue weighted by molar-refractivity contribution is -0.130. The highest BCUT2D eigenvalue weighted by Crippen LogP contribution is 2.19. The van der Waals surface area contributed by atoms with E-state index in [4.69, 9.17) is 18.0 Å². The van der Waals surface area contributed by atoms with Crippen molar-refractivity contribution in [3.63, 3.8) is 0 Å². The second-order valence-electron chi connectivity index (χ2n) is 3.96. The number of thiophene rings is 1. The summed E-state index contributed by atoms with van der Waals surface area (Å²) in [5.74, 6) is 0.133. The molecule has 1 atom stereocenters. The van der Waals surface area contributed by atoms with Crippen molar-refractivity contribution < 1.29 is 4.79 Å². The normalized spacial score (nSPS) is 20.0. The van der Waals surface area contributed by atoms with Crippen LogP contribution in [0, 0.1) is 0 Å². The molecule has 0 saturated carbocycles. The van der Waals surface area contributed by atoms with E-state index < -0.39 is 0 Å². The Kier molecular flexibility index (Phi) is 3.56. The molecule has 86 valence electrons. The molecule has 0 aromatic carbocycles. The number of carbonyl (C=O) groups excluding carboxylic acids is 1. The van der Waals surface area contributed by atoms with E-state index in [1.54, 1.807) is 11.3 Å². The number of nitrogens with zero attached hydrogens (tertiary/aromatic N) is 1. The lowest BCUT2D eigenvalue weighted by Gasteiger charge is -2.23. The molecular weight excluding hydrogens is 240 g/mol. The van der Waals surface area contributed by atoms with Crippen molar-refractivity contribution in [2.24, 2.45) is 5.73 Å². The number of nitrogens with two attached hydrogens (primary N) is 1. The van der Waals surface area contributed by atoms with Gasteiger partial charge in [-0.15, -0.1) is 0 Å². The van der Waals surface area contributed by atoms with E-state index >= 15 is 0 Å². The second kappa shape index (κ2) is 4.93. The van der Waals surface area contributed by atoms with Gasteiger partial charge in [-0.3, -0.25) is 4.79 Å². The van der Waals surface area contributed by atoms with Gasteiger partial charge < -0.3 is 10.6 Å². The van der Waals surface area contributed by atoms with E-state index in [0.29, 0.717) is 11.4 Å². The Morgan fingerprint density at radius 1 is 1.69 bits per heavy atom. The number of amides is 1. The van der Waals surface area contributed by atoms with Crippen LogP contribution in [0.3, 0.4) is 0 Å². The molecular formula is C11H14N2OS2. The Morgan fingerprint density at radius 3 is 3.12 bits per heavy atom. The molecule has 1 amide bonds. The van der Waals surface area contributed by atoms with Crippen molar-refractivity contribution in [2.75, 3.05) is 6.54 Å². The van der Waals surface area contributed by atoms with Gasteiger partial charge in [0.25, 0.3) is 0 Å². The highest BCUT2D eigenvalue weighted by atomic mass is 32.1. The van der Waals surface area contributed by atoms with E-state index in [0.717, 1.165) is 24.9 Å². The molecule has 5 heteroatoms. The molecule has 0 spiro atoms. The summed E-state index contributed by atoms with van der Waals surface area (Å²) in [5.41, 5.74) is 6.71. The van der Waals surface area contributed by atoms with Crippen LogP contribution in [-0.4, -0.2) is 28.4 Å². The van der Waals surface area contributed by atoms with Gasteiger partial charge in [-0.1, -0.05) is 12.2 Å². The fourth-order valence-corrected chi connectivity index (χ4v) is 2.94. The van der Waals surface area contributed by atoms with E-state index in [-0.39, 0.29) is 11.9 Å². The number of hydrogen-bond acceptors (Lipinski definition) is 3. The fourth-order valence-electron chi connectivity index (χ4n) is 2.03. The minimum Gasteiger partial charge on any atom is -0.392 e. The number of thiocarbonyl (C=S) groups is 1. The molecule has 1 aromatic rings. The van der Waals surface area contributed by atoms with Crippen LogP contribution in [-0.2, 0) is 11.2 Å². The first-order chi connectivity index (χ1) is 7.68. The van der Waals surface area contributed by atoms with Crippen LogP contribution in [0.5, 0.6) is 0 Å². The highest BCUT2D eigenvalue weighted by molar-refractivity contribution is 7.80. The Labute approximate surface area is 104 Å². The van der Waals surface area contributed by atoms with Crippen molar-refractivity contribution in [1.29, 1.82) is 0 Å². The molecule has 0 aliphatic carbocycles. The number of rotatable bonds is 3. The Hall–Kier alpha value is -0.940. The first kappa shape index (κ1) is 11.5. The maximum absolute atomic E-state index is 12.0. The molecule has 2 N–H and O–H groups in total. The third-order valence-electron chi connectivity index (χ3n) is 2.84. The fraction of sp³-hybridized carbons (Fsp3) is 0.455. The third kappa shape index (κ3) is 2.41. The molecule has 1 fully saturated rings. The second-order valence-corrected chi connectivity index (χ2v) is 5.21. The number of hydrogen-bond donors (Lipinski definition) is 1. The zero-order valence-corrected chi connectivity index (χ0v) is 10.5. The number of likely N-dealkylation sites (tertiary alicyclic amines) is 1. The molecule has 0 radical (unpaired) electrons. The summed E-state index contributed by atoms with van der Waals surface area (Å²) in [6.45, 7) is 0.783. The zero-order chi connectivity index (χ0) is 11.5. The summed E-state index contributed by atoms with van der Waals surface area (Å²) in [5, 5.41) is 3.99. The van der Waals surface area contributed by atoms with Gasteiger partial charge in [-0.2, -0.15) is 11.3 Å². The molecule has 1 aliphatic rings. The van der Waals surface area contributed by atoms with Gasteiger partial charge >= 0.3 is 0 Å². The first-order valence-electron chi connectivity index (χ1n) is 5.28. The summed E-state index contributed by atoms with van der Waals surface area (Å²) in [4.78, 5) is 14.3. The molecule has 1 aliphatic heterocycles. The smallest absolute Gasteiger partial charge is 0.227 e. The summed E-state index contributed by atoms with van der Waals surface area (Å²) in [7, 11) is 0. The van der Waals surface area contributed by atoms with Gasteiger partial charge in [-0.05, 0) is 35.2 Å². The molecule has 1 saturated heterocycles. The van der Waals surface area contributed by atoms with Crippen LogP contribution < -0.4 is 5.73 Å². The van der Waals surface area contributed by atoms with Crippen LogP contribution in [0.2, 0.25) is 0 Å². The molecule has 2 heterocycles. The minimum atomic E-state index is -0.0267. The topological polar surface area (TPSA) is 46.3 Å². The molecule has 3 nitrogen and oxygen atoms in total. The minimum absolute atomic E-state index is 0.0267. The van der Waals surface area contributed by atoms with Gasteiger partial charge in [0.1, 0.15) is 0 Å². The predicted molar refractivity (Wildman–Crippen MR) is 69.5 cm³/mol. The Balaban J connectivity index is 2.01. The summed E-state index contributed by atoms with van der Waals surface area (Å²) in [6, 6.07) is 1.95.